The molecule has 2 rings (SSSR count). The van der Waals surface area contributed by atoms with Gasteiger partial charge in [0.15, 0.2) is 0 Å². The second-order valence-electron chi connectivity index (χ2n) is 5.70. The molecule has 142 valence electrons. The van der Waals surface area contributed by atoms with E-state index in [1.165, 1.54) is 0 Å². The summed E-state index contributed by atoms with van der Waals surface area (Å²) in [5.41, 5.74) is -0.323. The SMILES string of the molecule is CCOc1ccccc1N(CC)c1ncc(C(F)(F)F)c(OC(C)C)n1. The number of alkyl halides is 3. The molecule has 0 N–H and O–H groups in total. The molecule has 0 unspecified atom stereocenters. The Labute approximate surface area is 150 Å². The van der Waals surface area contributed by atoms with Crippen molar-refractivity contribution in [1.29, 1.82) is 0 Å². The molecule has 1 heterocycles. The molecule has 0 amide bonds. The van der Waals surface area contributed by atoms with Gasteiger partial charge in [0.2, 0.25) is 11.8 Å². The van der Waals surface area contributed by atoms with Crippen molar-refractivity contribution < 1.29 is 22.6 Å². The summed E-state index contributed by atoms with van der Waals surface area (Å²) < 4.78 is 50.5. The van der Waals surface area contributed by atoms with Gasteiger partial charge in [-0.05, 0) is 39.8 Å². The Hall–Kier alpha value is -2.51. The highest BCUT2D eigenvalue weighted by Gasteiger charge is 2.37. The zero-order chi connectivity index (χ0) is 19.3. The van der Waals surface area contributed by atoms with Crippen LogP contribution in [0.1, 0.15) is 33.3 Å². The lowest BCUT2D eigenvalue weighted by atomic mass is 10.2. The summed E-state index contributed by atoms with van der Waals surface area (Å²) in [6.07, 6.45) is -4.29. The molecule has 0 fully saturated rings. The van der Waals surface area contributed by atoms with Crippen LogP contribution in [0, 0.1) is 0 Å². The third-order valence-corrected chi connectivity index (χ3v) is 3.41. The van der Waals surface area contributed by atoms with E-state index >= 15 is 0 Å². The van der Waals surface area contributed by atoms with Crippen LogP contribution in [0.3, 0.4) is 0 Å². The third kappa shape index (κ3) is 4.56. The van der Waals surface area contributed by atoms with Gasteiger partial charge in [0.1, 0.15) is 11.3 Å². The average Bonchev–Trinajstić information content (AvgIpc) is 2.56. The standard InChI is InChI=1S/C18H22F3N3O2/c1-5-24(14-9-7-8-10-15(14)25-6-2)17-22-11-13(18(19,20)21)16(23-17)26-12(3)4/h7-12H,5-6H2,1-4H3. The van der Waals surface area contributed by atoms with Gasteiger partial charge in [-0.15, -0.1) is 0 Å². The molecule has 0 radical (unpaired) electrons. The number of hydrogen-bond acceptors (Lipinski definition) is 5. The van der Waals surface area contributed by atoms with E-state index in [-0.39, 0.29) is 5.95 Å². The van der Waals surface area contributed by atoms with Gasteiger partial charge in [-0.25, -0.2) is 4.98 Å². The summed E-state index contributed by atoms with van der Waals surface area (Å²) in [4.78, 5) is 9.65. The van der Waals surface area contributed by atoms with E-state index in [1.807, 2.05) is 26.0 Å². The third-order valence-electron chi connectivity index (χ3n) is 3.41. The van der Waals surface area contributed by atoms with Crippen molar-refractivity contribution >= 4 is 11.6 Å². The van der Waals surface area contributed by atoms with Crippen molar-refractivity contribution in [2.75, 3.05) is 18.1 Å². The molecule has 0 saturated carbocycles. The summed E-state index contributed by atoms with van der Waals surface area (Å²) in [6.45, 7) is 7.90. The minimum absolute atomic E-state index is 0.114. The van der Waals surface area contributed by atoms with Gasteiger partial charge in [-0.2, -0.15) is 18.2 Å². The molecule has 0 aliphatic rings. The lowest BCUT2D eigenvalue weighted by molar-refractivity contribution is -0.139. The first-order valence-corrected chi connectivity index (χ1v) is 8.38. The quantitative estimate of drug-likeness (QED) is 0.699. The van der Waals surface area contributed by atoms with Crippen LogP contribution in [0.4, 0.5) is 24.8 Å². The highest BCUT2D eigenvalue weighted by molar-refractivity contribution is 5.65. The van der Waals surface area contributed by atoms with Crippen molar-refractivity contribution in [3.8, 4) is 11.6 Å². The summed E-state index contributed by atoms with van der Waals surface area (Å²) in [7, 11) is 0. The number of rotatable bonds is 7. The summed E-state index contributed by atoms with van der Waals surface area (Å²) in [5.74, 6) is 0.236. The van der Waals surface area contributed by atoms with Crippen LogP contribution in [0.5, 0.6) is 11.6 Å². The largest absolute Gasteiger partial charge is 0.492 e. The number of ether oxygens (including phenoxy) is 2. The maximum absolute atomic E-state index is 13.2. The van der Waals surface area contributed by atoms with Crippen molar-refractivity contribution in [3.05, 3.63) is 36.0 Å². The van der Waals surface area contributed by atoms with Gasteiger partial charge in [0.05, 0.1) is 18.4 Å². The first-order chi connectivity index (χ1) is 12.3. The van der Waals surface area contributed by atoms with Gasteiger partial charge in [0.25, 0.3) is 0 Å². The van der Waals surface area contributed by atoms with Gasteiger partial charge >= 0.3 is 6.18 Å². The number of nitrogens with zero attached hydrogens (tertiary/aromatic N) is 3. The average molecular weight is 369 g/mol. The molecule has 0 bridgehead atoms. The summed E-state index contributed by atoms with van der Waals surface area (Å²) >= 11 is 0. The minimum atomic E-state index is -4.59. The highest BCUT2D eigenvalue weighted by Crippen LogP contribution is 2.38. The molecule has 0 atom stereocenters. The molecule has 0 aliphatic heterocycles. The fourth-order valence-corrected chi connectivity index (χ4v) is 2.37. The van der Waals surface area contributed by atoms with Gasteiger partial charge in [-0.1, -0.05) is 12.1 Å². The van der Waals surface area contributed by atoms with E-state index in [0.717, 1.165) is 6.20 Å². The zero-order valence-electron chi connectivity index (χ0n) is 15.2. The number of anilines is 2. The Kier molecular flexibility index (Phi) is 6.28. The van der Waals surface area contributed by atoms with Crippen molar-refractivity contribution in [2.24, 2.45) is 0 Å². The highest BCUT2D eigenvalue weighted by atomic mass is 19.4. The van der Waals surface area contributed by atoms with E-state index in [9.17, 15) is 13.2 Å². The molecule has 1 aromatic heterocycles. The number of aromatic nitrogens is 2. The first-order valence-electron chi connectivity index (χ1n) is 8.38. The molecular formula is C18H22F3N3O2. The van der Waals surface area contributed by atoms with Crippen LogP contribution in [0.25, 0.3) is 0 Å². The number of para-hydroxylation sites is 2. The molecule has 1 aromatic carbocycles. The molecule has 0 spiro atoms. The van der Waals surface area contributed by atoms with E-state index in [0.29, 0.717) is 24.6 Å². The molecule has 0 saturated heterocycles. The smallest absolute Gasteiger partial charge is 0.423 e. The second-order valence-corrected chi connectivity index (χ2v) is 5.70. The topological polar surface area (TPSA) is 47.5 Å². The Bertz CT molecular complexity index is 736. The van der Waals surface area contributed by atoms with Crippen LogP contribution in [-0.4, -0.2) is 29.2 Å². The Morgan fingerprint density at radius 3 is 2.42 bits per heavy atom. The van der Waals surface area contributed by atoms with Crippen molar-refractivity contribution in [3.63, 3.8) is 0 Å². The summed E-state index contributed by atoms with van der Waals surface area (Å²) in [6, 6.07) is 7.23. The zero-order valence-corrected chi connectivity index (χ0v) is 15.2. The van der Waals surface area contributed by atoms with Crippen LogP contribution < -0.4 is 14.4 Å². The fraction of sp³-hybridized carbons (Fsp3) is 0.444. The Morgan fingerprint density at radius 2 is 1.85 bits per heavy atom. The lowest BCUT2D eigenvalue weighted by Gasteiger charge is -2.24. The van der Waals surface area contributed by atoms with Crippen LogP contribution in [0.2, 0.25) is 0 Å². The first kappa shape index (κ1) is 19.8. The van der Waals surface area contributed by atoms with E-state index in [4.69, 9.17) is 9.47 Å². The van der Waals surface area contributed by atoms with E-state index in [1.54, 1.807) is 30.9 Å². The molecule has 0 aliphatic carbocycles. The summed E-state index contributed by atoms with van der Waals surface area (Å²) in [5, 5.41) is 0. The van der Waals surface area contributed by atoms with Gasteiger partial charge in [0, 0.05) is 12.7 Å². The Morgan fingerprint density at radius 1 is 1.15 bits per heavy atom. The van der Waals surface area contributed by atoms with Crippen molar-refractivity contribution in [2.45, 2.75) is 40.0 Å². The van der Waals surface area contributed by atoms with Crippen molar-refractivity contribution in [1.82, 2.24) is 9.97 Å². The maximum Gasteiger partial charge on any atom is 0.423 e. The van der Waals surface area contributed by atoms with Gasteiger partial charge in [-0.3, -0.25) is 0 Å². The fourth-order valence-electron chi connectivity index (χ4n) is 2.37. The number of benzene rings is 1. The van der Waals surface area contributed by atoms with Crippen LogP contribution >= 0.6 is 0 Å². The molecule has 8 heteroatoms. The van der Waals surface area contributed by atoms with Crippen LogP contribution in [-0.2, 0) is 6.18 Å². The maximum atomic E-state index is 13.2. The number of halogens is 3. The van der Waals surface area contributed by atoms with Gasteiger partial charge < -0.3 is 14.4 Å². The number of hydrogen-bond donors (Lipinski definition) is 0. The molecule has 26 heavy (non-hydrogen) atoms. The molecule has 2 aromatic rings. The normalized spacial score (nSPS) is 11.5. The predicted molar refractivity (Wildman–Crippen MR) is 93.1 cm³/mol. The predicted octanol–water partition coefficient (Wildman–Crippen LogP) is 4.84. The Balaban J connectivity index is 2.52. The second kappa shape index (κ2) is 8.25. The van der Waals surface area contributed by atoms with E-state index in [2.05, 4.69) is 9.97 Å². The lowest BCUT2D eigenvalue weighted by Crippen LogP contribution is -2.22. The monoisotopic (exact) mass is 369 g/mol. The van der Waals surface area contributed by atoms with E-state index < -0.39 is 23.7 Å². The molecule has 5 nitrogen and oxygen atoms in total. The molecular weight excluding hydrogens is 347 g/mol. The minimum Gasteiger partial charge on any atom is -0.492 e. The van der Waals surface area contributed by atoms with Crippen LogP contribution in [0.15, 0.2) is 30.5 Å².